The lowest BCUT2D eigenvalue weighted by molar-refractivity contribution is -0.124. The van der Waals surface area contributed by atoms with Crippen molar-refractivity contribution in [3.63, 3.8) is 0 Å². The minimum atomic E-state index is -0.0599. The first-order valence-electron chi connectivity index (χ1n) is 7.39. The summed E-state index contributed by atoms with van der Waals surface area (Å²) in [4.78, 5) is 12.3. The molecule has 2 N–H and O–H groups in total. The summed E-state index contributed by atoms with van der Waals surface area (Å²) in [5.74, 6) is 0.754. The highest BCUT2D eigenvalue weighted by Crippen LogP contribution is 2.21. The van der Waals surface area contributed by atoms with Gasteiger partial charge in [-0.15, -0.1) is 0 Å². The Hall–Kier alpha value is -1.06. The van der Waals surface area contributed by atoms with E-state index < -0.39 is 0 Å². The molecule has 20 heavy (non-hydrogen) atoms. The maximum absolute atomic E-state index is 12.3. The summed E-state index contributed by atoms with van der Waals surface area (Å²) in [6.45, 7) is 5.12. The molecule has 1 fully saturated rings. The topological polar surface area (TPSA) is 41.1 Å². The van der Waals surface area contributed by atoms with E-state index in [9.17, 15) is 4.79 Å². The van der Waals surface area contributed by atoms with E-state index in [0.717, 1.165) is 24.9 Å². The predicted molar refractivity (Wildman–Crippen MR) is 82.8 cm³/mol. The van der Waals surface area contributed by atoms with Gasteiger partial charge >= 0.3 is 0 Å². The van der Waals surface area contributed by atoms with E-state index in [1.807, 2.05) is 31.2 Å². The number of rotatable bonds is 4. The summed E-state index contributed by atoms with van der Waals surface area (Å²) in [6, 6.07) is 7.55. The quantitative estimate of drug-likeness (QED) is 0.894. The number of piperidine rings is 1. The molecule has 4 heteroatoms. The van der Waals surface area contributed by atoms with Crippen molar-refractivity contribution in [2.24, 2.45) is 5.92 Å². The Morgan fingerprint density at radius 2 is 2.35 bits per heavy atom. The van der Waals surface area contributed by atoms with Gasteiger partial charge in [0.15, 0.2) is 0 Å². The van der Waals surface area contributed by atoms with Crippen molar-refractivity contribution in [1.29, 1.82) is 0 Å². The number of amides is 1. The molecule has 1 amide bonds. The summed E-state index contributed by atoms with van der Waals surface area (Å²) in [5.41, 5.74) is 1.04. The molecule has 0 aliphatic carbocycles. The lowest BCUT2D eigenvalue weighted by Crippen LogP contribution is -2.49. The molecule has 2 unspecified atom stereocenters. The summed E-state index contributed by atoms with van der Waals surface area (Å²) < 4.78 is 0. The minimum absolute atomic E-state index is 0.0231. The standard InChI is InChI=1S/C16H23ClN2O/c1-3-12-7-8-18-15(9-12)16(20)19-11(2)13-5-4-6-14(17)10-13/h4-6,10-12,15,18H,3,7-9H2,1-2H3,(H,19,20)/t11-,12?,15?/m1/s1. The van der Waals surface area contributed by atoms with Crippen LogP contribution in [0.1, 0.15) is 44.7 Å². The molecule has 1 aliphatic rings. The fourth-order valence-electron chi connectivity index (χ4n) is 2.74. The number of hydrogen-bond donors (Lipinski definition) is 2. The molecule has 2 rings (SSSR count). The molecule has 110 valence electrons. The van der Waals surface area contributed by atoms with Crippen LogP contribution in [0.15, 0.2) is 24.3 Å². The SMILES string of the molecule is CCC1CCNC(C(=O)N[C@H](C)c2cccc(Cl)c2)C1. The van der Waals surface area contributed by atoms with E-state index in [1.165, 1.54) is 6.42 Å². The van der Waals surface area contributed by atoms with Crippen molar-refractivity contribution in [3.05, 3.63) is 34.9 Å². The minimum Gasteiger partial charge on any atom is -0.348 e. The zero-order valence-corrected chi connectivity index (χ0v) is 12.9. The Balaban J connectivity index is 1.93. The highest BCUT2D eigenvalue weighted by atomic mass is 35.5. The van der Waals surface area contributed by atoms with Crippen LogP contribution in [0.3, 0.4) is 0 Å². The number of carbonyl (C=O) groups is 1. The van der Waals surface area contributed by atoms with Crippen LogP contribution in [0.25, 0.3) is 0 Å². The smallest absolute Gasteiger partial charge is 0.237 e. The van der Waals surface area contributed by atoms with Crippen LogP contribution < -0.4 is 10.6 Å². The highest BCUT2D eigenvalue weighted by molar-refractivity contribution is 6.30. The number of hydrogen-bond acceptors (Lipinski definition) is 2. The number of carbonyl (C=O) groups excluding carboxylic acids is 1. The van der Waals surface area contributed by atoms with Gasteiger partial charge in [-0.1, -0.05) is 37.1 Å². The monoisotopic (exact) mass is 294 g/mol. The fraction of sp³-hybridized carbons (Fsp3) is 0.562. The molecule has 3 atom stereocenters. The summed E-state index contributed by atoms with van der Waals surface area (Å²) in [6.07, 6.45) is 3.25. The van der Waals surface area contributed by atoms with Gasteiger partial charge < -0.3 is 10.6 Å². The number of nitrogens with one attached hydrogen (secondary N) is 2. The Bertz CT molecular complexity index is 464. The molecule has 0 bridgehead atoms. The molecule has 0 radical (unpaired) electrons. The van der Waals surface area contributed by atoms with E-state index >= 15 is 0 Å². The Morgan fingerprint density at radius 1 is 1.55 bits per heavy atom. The first-order chi connectivity index (χ1) is 9.60. The van der Waals surface area contributed by atoms with Crippen LogP contribution in [-0.4, -0.2) is 18.5 Å². The number of benzene rings is 1. The van der Waals surface area contributed by atoms with Gasteiger partial charge in [-0.2, -0.15) is 0 Å². The summed E-state index contributed by atoms with van der Waals surface area (Å²) in [7, 11) is 0. The zero-order valence-electron chi connectivity index (χ0n) is 12.2. The van der Waals surface area contributed by atoms with Crippen molar-refractivity contribution in [3.8, 4) is 0 Å². The van der Waals surface area contributed by atoms with E-state index in [4.69, 9.17) is 11.6 Å². The fourth-order valence-corrected chi connectivity index (χ4v) is 2.94. The third kappa shape index (κ3) is 3.97. The van der Waals surface area contributed by atoms with E-state index in [2.05, 4.69) is 17.6 Å². The highest BCUT2D eigenvalue weighted by Gasteiger charge is 2.26. The molecule has 0 aromatic heterocycles. The Kier molecular flexibility index (Phi) is 5.44. The van der Waals surface area contributed by atoms with E-state index in [0.29, 0.717) is 10.9 Å². The van der Waals surface area contributed by atoms with Crippen molar-refractivity contribution >= 4 is 17.5 Å². The maximum atomic E-state index is 12.3. The van der Waals surface area contributed by atoms with Gasteiger partial charge in [-0.25, -0.2) is 0 Å². The first kappa shape index (κ1) is 15.3. The van der Waals surface area contributed by atoms with Crippen LogP contribution in [0.4, 0.5) is 0 Å². The molecule has 1 heterocycles. The molecule has 0 spiro atoms. The van der Waals surface area contributed by atoms with Crippen LogP contribution in [0.2, 0.25) is 5.02 Å². The third-order valence-corrected chi connectivity index (χ3v) is 4.35. The largest absolute Gasteiger partial charge is 0.348 e. The first-order valence-corrected chi connectivity index (χ1v) is 7.77. The third-order valence-electron chi connectivity index (χ3n) is 4.11. The van der Waals surface area contributed by atoms with Crippen LogP contribution >= 0.6 is 11.6 Å². The van der Waals surface area contributed by atoms with Gasteiger partial charge in [0.05, 0.1) is 12.1 Å². The molecular formula is C16H23ClN2O. The molecule has 1 saturated heterocycles. The van der Waals surface area contributed by atoms with Gasteiger partial charge in [0, 0.05) is 5.02 Å². The van der Waals surface area contributed by atoms with Gasteiger partial charge in [0.1, 0.15) is 0 Å². The average molecular weight is 295 g/mol. The summed E-state index contributed by atoms with van der Waals surface area (Å²) in [5, 5.41) is 7.09. The second-order valence-corrected chi connectivity index (χ2v) is 6.03. The van der Waals surface area contributed by atoms with Crippen molar-refractivity contribution in [2.75, 3.05) is 6.54 Å². The second kappa shape index (κ2) is 7.09. The Labute approximate surface area is 126 Å². The molecular weight excluding hydrogens is 272 g/mol. The van der Waals surface area contributed by atoms with E-state index in [-0.39, 0.29) is 18.0 Å². The Morgan fingerprint density at radius 3 is 3.05 bits per heavy atom. The van der Waals surface area contributed by atoms with Gasteiger partial charge in [0.25, 0.3) is 0 Å². The lowest BCUT2D eigenvalue weighted by Gasteiger charge is -2.29. The average Bonchev–Trinajstić information content (AvgIpc) is 2.47. The maximum Gasteiger partial charge on any atom is 0.237 e. The second-order valence-electron chi connectivity index (χ2n) is 5.59. The molecule has 0 saturated carbocycles. The molecule has 1 aromatic carbocycles. The predicted octanol–water partition coefficient (Wildman–Crippen LogP) is 3.30. The molecule has 1 aromatic rings. The normalized spacial score (nSPS) is 24.1. The van der Waals surface area contributed by atoms with Crippen LogP contribution in [-0.2, 0) is 4.79 Å². The van der Waals surface area contributed by atoms with Gasteiger partial charge in [-0.3, -0.25) is 4.79 Å². The molecule has 3 nitrogen and oxygen atoms in total. The van der Waals surface area contributed by atoms with Crippen molar-refractivity contribution in [2.45, 2.75) is 45.2 Å². The summed E-state index contributed by atoms with van der Waals surface area (Å²) >= 11 is 5.99. The van der Waals surface area contributed by atoms with Gasteiger partial charge in [-0.05, 0) is 49.9 Å². The van der Waals surface area contributed by atoms with Gasteiger partial charge in [0.2, 0.25) is 5.91 Å². The lowest BCUT2D eigenvalue weighted by atomic mass is 9.90. The van der Waals surface area contributed by atoms with Crippen LogP contribution in [0, 0.1) is 5.92 Å². The van der Waals surface area contributed by atoms with E-state index in [1.54, 1.807) is 0 Å². The zero-order chi connectivity index (χ0) is 14.5. The van der Waals surface area contributed by atoms with Crippen LogP contribution in [0.5, 0.6) is 0 Å². The molecule has 1 aliphatic heterocycles. The number of halogens is 1. The van der Waals surface area contributed by atoms with Crippen molar-refractivity contribution < 1.29 is 4.79 Å². The van der Waals surface area contributed by atoms with Crippen molar-refractivity contribution in [1.82, 2.24) is 10.6 Å².